The molecule has 250 valence electrons. The van der Waals surface area contributed by atoms with Gasteiger partial charge in [-0.15, -0.1) is 0 Å². The van der Waals surface area contributed by atoms with Gasteiger partial charge in [0.1, 0.15) is 22.6 Å². The Bertz CT molecular complexity index is 1940. The molecule has 1 aliphatic carbocycles. The number of ether oxygens (including phenoxy) is 1. The largest absolute Gasteiger partial charge is 0.465 e. The molecule has 10 nitrogen and oxygen atoms in total. The van der Waals surface area contributed by atoms with Crippen LogP contribution in [0.4, 0.5) is 34.6 Å². The number of nitro benzene ring substituents is 1. The zero-order valence-corrected chi connectivity index (χ0v) is 26.3. The van der Waals surface area contributed by atoms with E-state index in [1.807, 2.05) is 0 Å². The van der Waals surface area contributed by atoms with Crippen molar-refractivity contribution in [3.05, 3.63) is 96.8 Å². The van der Waals surface area contributed by atoms with Gasteiger partial charge in [0, 0.05) is 41.3 Å². The van der Waals surface area contributed by atoms with Gasteiger partial charge in [-0.05, 0) is 54.7 Å². The molecule has 16 heteroatoms. The van der Waals surface area contributed by atoms with Crippen LogP contribution < -0.4 is 10.2 Å². The average Bonchev–Trinajstić information content (AvgIpc) is 3.65. The standard InChI is InChI=1S/C32H24Cl2F4N4O6/c1-48-29(44)17-8-10-21(27(42(46)47)25(17)32(36,37)38)40-13-22-23(28(40)43)24(16-3-2-4-19(34)26(16)35)31(41(22)12-14-5-6-14)18-9-7-15(33)11-20(18)39-30(31)45/h2-4,7-11,14,22-24H,5-6,12-13H2,1H3,(H,39,45)/t22-,23+,24-,31+/m0/s1. The van der Waals surface area contributed by atoms with Crippen LogP contribution in [0.2, 0.25) is 10.0 Å². The SMILES string of the molecule is COC(=O)c1ccc(N2C[C@H]3[C@@H](C2=O)[C@H](c2cccc(Cl)c2F)[C@]2(C(=O)Nc4cc(Cl)ccc42)N3CC2CC2)c([N+](=O)[O-])c1C(F)(F)F. The van der Waals surface area contributed by atoms with Crippen molar-refractivity contribution < 1.29 is 41.6 Å². The van der Waals surface area contributed by atoms with E-state index in [0.29, 0.717) is 16.3 Å². The molecule has 0 bridgehead atoms. The topological polar surface area (TPSA) is 122 Å². The molecule has 1 spiro atoms. The average molecular weight is 707 g/mol. The lowest BCUT2D eigenvalue weighted by atomic mass is 9.71. The van der Waals surface area contributed by atoms with Crippen molar-refractivity contribution in [2.45, 2.75) is 36.5 Å². The number of carbonyl (C=O) groups excluding carboxylic acids is 3. The van der Waals surface area contributed by atoms with Gasteiger partial charge in [-0.3, -0.25) is 24.6 Å². The molecule has 2 saturated heterocycles. The number of hydrogen-bond acceptors (Lipinski definition) is 7. The third-order valence-electron chi connectivity index (χ3n) is 9.77. The number of hydrogen-bond donors (Lipinski definition) is 1. The third-order valence-corrected chi connectivity index (χ3v) is 10.3. The molecule has 3 aliphatic heterocycles. The van der Waals surface area contributed by atoms with Crippen LogP contribution in [-0.4, -0.2) is 53.8 Å². The molecular weight excluding hydrogens is 683 g/mol. The van der Waals surface area contributed by atoms with Crippen molar-refractivity contribution in [3.8, 4) is 0 Å². The number of methoxy groups -OCH3 is 1. The van der Waals surface area contributed by atoms with Crippen molar-refractivity contribution in [1.29, 1.82) is 0 Å². The summed E-state index contributed by atoms with van der Waals surface area (Å²) in [5.41, 5.74) is -6.12. The maximum atomic E-state index is 16.1. The van der Waals surface area contributed by atoms with Gasteiger partial charge in [0.2, 0.25) is 11.8 Å². The summed E-state index contributed by atoms with van der Waals surface area (Å²) >= 11 is 12.5. The van der Waals surface area contributed by atoms with Crippen molar-refractivity contribution >= 4 is 58.0 Å². The summed E-state index contributed by atoms with van der Waals surface area (Å²) in [6.07, 6.45) is -3.77. The highest BCUT2D eigenvalue weighted by molar-refractivity contribution is 6.31. The van der Waals surface area contributed by atoms with Crippen LogP contribution in [0.3, 0.4) is 0 Å². The molecule has 1 N–H and O–H groups in total. The maximum Gasteiger partial charge on any atom is 0.423 e. The molecule has 3 aromatic carbocycles. The number of carbonyl (C=O) groups is 3. The molecule has 3 heterocycles. The fraction of sp³-hybridized carbons (Fsp3) is 0.344. The number of nitro groups is 1. The summed E-state index contributed by atoms with van der Waals surface area (Å²) < 4.78 is 63.8. The summed E-state index contributed by atoms with van der Waals surface area (Å²) in [5, 5.41) is 15.2. The highest BCUT2D eigenvalue weighted by atomic mass is 35.5. The van der Waals surface area contributed by atoms with Gasteiger partial charge in [-0.2, -0.15) is 13.2 Å². The van der Waals surface area contributed by atoms with Crippen molar-refractivity contribution in [1.82, 2.24) is 4.90 Å². The first-order valence-electron chi connectivity index (χ1n) is 14.8. The highest BCUT2D eigenvalue weighted by Crippen LogP contribution is 2.63. The first-order chi connectivity index (χ1) is 22.7. The fourth-order valence-corrected chi connectivity index (χ4v) is 8.14. The lowest BCUT2D eigenvalue weighted by molar-refractivity contribution is -0.387. The molecule has 4 atom stereocenters. The second-order valence-corrected chi connectivity index (χ2v) is 13.1. The summed E-state index contributed by atoms with van der Waals surface area (Å²) in [7, 11) is 0.831. The Hall–Kier alpha value is -4.27. The van der Waals surface area contributed by atoms with Crippen LogP contribution in [0.15, 0.2) is 48.5 Å². The predicted molar refractivity (Wildman–Crippen MR) is 164 cm³/mol. The highest BCUT2D eigenvalue weighted by Gasteiger charge is 2.71. The second kappa shape index (κ2) is 11.1. The number of benzene rings is 3. The predicted octanol–water partition coefficient (Wildman–Crippen LogP) is 6.53. The van der Waals surface area contributed by atoms with Crippen molar-refractivity contribution in [2.24, 2.45) is 11.8 Å². The van der Waals surface area contributed by atoms with E-state index in [1.165, 1.54) is 24.3 Å². The second-order valence-electron chi connectivity index (χ2n) is 12.3. The van der Waals surface area contributed by atoms with Gasteiger partial charge in [0.05, 0.1) is 28.5 Å². The van der Waals surface area contributed by atoms with Crippen molar-refractivity contribution in [2.75, 3.05) is 30.4 Å². The molecule has 3 aromatic rings. The third kappa shape index (κ3) is 4.60. The van der Waals surface area contributed by atoms with E-state index < -0.39 is 80.6 Å². The van der Waals surface area contributed by atoms with E-state index in [-0.39, 0.29) is 29.6 Å². The Morgan fingerprint density at radius 1 is 1.15 bits per heavy atom. The Balaban J connectivity index is 1.46. The zero-order chi connectivity index (χ0) is 34.4. The minimum Gasteiger partial charge on any atom is -0.465 e. The molecule has 0 unspecified atom stereocenters. The Morgan fingerprint density at radius 3 is 2.52 bits per heavy atom. The Kier molecular flexibility index (Phi) is 7.49. The van der Waals surface area contributed by atoms with Crippen LogP contribution in [0.1, 0.15) is 45.8 Å². The molecule has 0 radical (unpaired) electrons. The monoisotopic (exact) mass is 706 g/mol. The number of rotatable bonds is 6. The van der Waals surface area contributed by atoms with Crippen LogP contribution in [0.25, 0.3) is 0 Å². The molecule has 48 heavy (non-hydrogen) atoms. The minimum atomic E-state index is -5.39. The van der Waals surface area contributed by atoms with Gasteiger partial charge < -0.3 is 15.0 Å². The first-order valence-corrected chi connectivity index (χ1v) is 15.6. The van der Waals surface area contributed by atoms with Gasteiger partial charge >= 0.3 is 17.8 Å². The van der Waals surface area contributed by atoms with E-state index in [1.54, 1.807) is 17.0 Å². The Labute approximate surface area is 279 Å². The van der Waals surface area contributed by atoms with Gasteiger partial charge in [0.15, 0.2) is 0 Å². The van der Waals surface area contributed by atoms with Crippen molar-refractivity contribution in [3.63, 3.8) is 0 Å². The molecule has 3 fully saturated rings. The van der Waals surface area contributed by atoms with Crippen LogP contribution in [-0.2, 0) is 26.0 Å². The molecule has 2 amide bonds. The number of anilines is 2. The normalized spacial score (nSPS) is 25.0. The quantitative estimate of drug-likeness (QED) is 0.134. The lowest BCUT2D eigenvalue weighted by Crippen LogP contribution is -2.54. The number of esters is 1. The van der Waals surface area contributed by atoms with E-state index in [9.17, 15) is 37.7 Å². The van der Waals surface area contributed by atoms with Crippen LogP contribution >= 0.6 is 23.2 Å². The van der Waals surface area contributed by atoms with Crippen LogP contribution in [0, 0.1) is 27.8 Å². The number of halogens is 6. The summed E-state index contributed by atoms with van der Waals surface area (Å²) in [4.78, 5) is 55.0. The summed E-state index contributed by atoms with van der Waals surface area (Å²) in [6, 6.07) is 9.60. The number of fused-ring (bicyclic) bond motifs is 3. The molecule has 4 aliphatic rings. The van der Waals surface area contributed by atoms with E-state index in [2.05, 4.69) is 10.1 Å². The number of nitrogens with zero attached hydrogens (tertiary/aromatic N) is 3. The Morgan fingerprint density at radius 2 is 1.88 bits per heavy atom. The number of nitrogens with one attached hydrogen (secondary N) is 1. The fourth-order valence-electron chi connectivity index (χ4n) is 7.78. The van der Waals surface area contributed by atoms with Gasteiger partial charge in [-0.1, -0.05) is 41.4 Å². The van der Waals surface area contributed by atoms with Gasteiger partial charge in [0.25, 0.3) is 0 Å². The van der Waals surface area contributed by atoms with E-state index >= 15 is 4.39 Å². The zero-order valence-electron chi connectivity index (χ0n) is 24.8. The number of likely N-dealkylation sites (tertiary alicyclic amines) is 1. The maximum absolute atomic E-state index is 16.1. The molecule has 0 aromatic heterocycles. The minimum absolute atomic E-state index is 0.0736. The number of amides is 2. The van der Waals surface area contributed by atoms with Crippen LogP contribution in [0.5, 0.6) is 0 Å². The number of alkyl halides is 3. The molecule has 1 saturated carbocycles. The summed E-state index contributed by atoms with van der Waals surface area (Å²) in [5.74, 6) is -6.19. The first kappa shape index (κ1) is 32.3. The summed E-state index contributed by atoms with van der Waals surface area (Å²) in [6.45, 7) is -0.101. The molecule has 7 rings (SSSR count). The molecular formula is C32H24Cl2F4N4O6. The van der Waals surface area contributed by atoms with Gasteiger partial charge in [-0.25, -0.2) is 9.18 Å². The van der Waals surface area contributed by atoms with E-state index in [4.69, 9.17) is 23.2 Å². The smallest absolute Gasteiger partial charge is 0.423 e. The lowest BCUT2D eigenvalue weighted by Gasteiger charge is -2.41. The van der Waals surface area contributed by atoms with E-state index in [0.717, 1.165) is 37.0 Å².